The molecule has 158 valence electrons. The van der Waals surface area contributed by atoms with Crippen LogP contribution in [0.5, 0.6) is 0 Å². The van der Waals surface area contributed by atoms with Gasteiger partial charge >= 0.3 is 5.97 Å². The maximum absolute atomic E-state index is 15.2. The van der Waals surface area contributed by atoms with E-state index in [-0.39, 0.29) is 12.2 Å². The van der Waals surface area contributed by atoms with Gasteiger partial charge in [0, 0.05) is 24.1 Å². The van der Waals surface area contributed by atoms with Crippen LogP contribution in [-0.4, -0.2) is 33.4 Å². The summed E-state index contributed by atoms with van der Waals surface area (Å²) in [6, 6.07) is 9.91. The van der Waals surface area contributed by atoms with Gasteiger partial charge in [0.05, 0.1) is 5.69 Å². The molecule has 1 saturated heterocycles. The number of hydrogen-bond acceptors (Lipinski definition) is 4. The van der Waals surface area contributed by atoms with Gasteiger partial charge in [-0.1, -0.05) is 31.2 Å². The number of nitrogens with zero attached hydrogens (tertiary/aromatic N) is 1. The second-order valence-corrected chi connectivity index (χ2v) is 8.72. The van der Waals surface area contributed by atoms with E-state index in [4.69, 9.17) is 4.74 Å². The third-order valence-corrected chi connectivity index (χ3v) is 6.69. The SMILES string of the molecule is C[C@H]1OC(=O)[C@]2(O)CC(C)(F)[C@@H](C)[C@H](/C=C/c3ccc(-c4cccc(F)c4)cn3)[C@H]12. The number of allylic oxidation sites excluding steroid dienone is 1. The van der Waals surface area contributed by atoms with E-state index in [2.05, 4.69) is 4.98 Å². The number of hydrogen-bond donors (Lipinski definition) is 1. The first kappa shape index (κ1) is 20.7. The number of carbonyl (C=O) groups excluding carboxylic acids is 1. The van der Waals surface area contributed by atoms with E-state index in [1.54, 1.807) is 44.3 Å². The van der Waals surface area contributed by atoms with Crippen LogP contribution < -0.4 is 0 Å². The second-order valence-electron chi connectivity index (χ2n) is 8.72. The third kappa shape index (κ3) is 3.43. The molecule has 0 bridgehead atoms. The average Bonchev–Trinajstić information content (AvgIpc) is 2.90. The zero-order valence-electron chi connectivity index (χ0n) is 17.2. The van der Waals surface area contributed by atoms with E-state index in [0.717, 1.165) is 11.1 Å². The number of halogens is 2. The van der Waals surface area contributed by atoms with Crippen LogP contribution in [0.1, 0.15) is 32.9 Å². The number of esters is 1. The molecule has 4 rings (SSSR count). The summed E-state index contributed by atoms with van der Waals surface area (Å²) in [4.78, 5) is 16.7. The van der Waals surface area contributed by atoms with Crippen LogP contribution in [0.25, 0.3) is 17.2 Å². The zero-order chi connectivity index (χ0) is 21.7. The Kier molecular flexibility index (Phi) is 5.01. The van der Waals surface area contributed by atoms with E-state index < -0.39 is 41.1 Å². The Balaban J connectivity index is 1.61. The minimum Gasteiger partial charge on any atom is -0.460 e. The smallest absolute Gasteiger partial charge is 0.338 e. The molecular weight excluding hydrogens is 388 g/mol. The van der Waals surface area contributed by atoms with Crippen molar-refractivity contribution in [1.82, 2.24) is 4.98 Å². The minimum absolute atomic E-state index is 0.264. The molecule has 1 aliphatic carbocycles. The molecule has 30 heavy (non-hydrogen) atoms. The Hall–Kier alpha value is -2.60. The molecule has 0 radical (unpaired) electrons. The number of ether oxygens (including phenoxy) is 1. The number of fused-ring (bicyclic) bond motifs is 1. The molecule has 2 fully saturated rings. The van der Waals surface area contributed by atoms with Crippen LogP contribution in [0.15, 0.2) is 48.7 Å². The largest absolute Gasteiger partial charge is 0.460 e. The summed E-state index contributed by atoms with van der Waals surface area (Å²) >= 11 is 0. The van der Waals surface area contributed by atoms with Gasteiger partial charge in [-0.15, -0.1) is 0 Å². The minimum atomic E-state index is -1.82. The molecule has 1 N–H and O–H groups in total. The van der Waals surface area contributed by atoms with Gasteiger partial charge in [-0.2, -0.15) is 0 Å². The van der Waals surface area contributed by atoms with Crippen LogP contribution in [0.3, 0.4) is 0 Å². The summed E-state index contributed by atoms with van der Waals surface area (Å²) in [5.74, 6) is -2.39. The van der Waals surface area contributed by atoms with Gasteiger partial charge < -0.3 is 9.84 Å². The second kappa shape index (κ2) is 7.27. The highest BCUT2D eigenvalue weighted by Gasteiger charge is 2.65. The lowest BCUT2D eigenvalue weighted by Crippen LogP contribution is -2.58. The molecule has 1 aromatic carbocycles. The molecule has 6 atom stereocenters. The molecule has 2 aliphatic rings. The van der Waals surface area contributed by atoms with Crippen LogP contribution in [0, 0.1) is 23.6 Å². The number of alkyl halides is 1. The summed E-state index contributed by atoms with van der Waals surface area (Å²) in [6.07, 6.45) is 4.48. The first-order valence-corrected chi connectivity index (χ1v) is 10.1. The van der Waals surface area contributed by atoms with E-state index in [0.29, 0.717) is 5.69 Å². The van der Waals surface area contributed by atoms with E-state index >= 15 is 4.39 Å². The fourth-order valence-electron chi connectivity index (χ4n) is 4.93. The summed E-state index contributed by atoms with van der Waals surface area (Å²) in [5, 5.41) is 11.0. The maximum Gasteiger partial charge on any atom is 0.338 e. The lowest BCUT2D eigenvalue weighted by atomic mass is 9.59. The Bertz CT molecular complexity index is 988. The Labute approximate surface area is 174 Å². The monoisotopic (exact) mass is 413 g/mol. The lowest BCUT2D eigenvalue weighted by Gasteiger charge is -2.47. The number of rotatable bonds is 3. The predicted octanol–water partition coefficient (Wildman–Crippen LogP) is 4.58. The van der Waals surface area contributed by atoms with Crippen LogP contribution in [0.2, 0.25) is 0 Å². The molecular formula is C24H25F2NO3. The fraction of sp³-hybridized carbons (Fsp3) is 0.417. The van der Waals surface area contributed by atoms with Crippen LogP contribution in [0.4, 0.5) is 8.78 Å². The topological polar surface area (TPSA) is 59.4 Å². The van der Waals surface area contributed by atoms with Crippen molar-refractivity contribution >= 4 is 12.0 Å². The molecule has 1 saturated carbocycles. The summed E-state index contributed by atoms with van der Waals surface area (Å²) in [5.41, 5.74) is -1.37. The van der Waals surface area contributed by atoms with Gasteiger partial charge in [0.2, 0.25) is 0 Å². The molecule has 0 spiro atoms. The number of aromatic nitrogens is 1. The Morgan fingerprint density at radius 3 is 2.67 bits per heavy atom. The molecule has 1 aromatic heterocycles. The van der Waals surface area contributed by atoms with Crippen molar-refractivity contribution in [2.45, 2.75) is 44.6 Å². The van der Waals surface area contributed by atoms with E-state index in [9.17, 15) is 14.3 Å². The fourth-order valence-corrected chi connectivity index (χ4v) is 4.93. The predicted molar refractivity (Wildman–Crippen MR) is 109 cm³/mol. The van der Waals surface area contributed by atoms with Gasteiger partial charge in [0.25, 0.3) is 0 Å². The number of carbonyl (C=O) groups is 1. The molecule has 6 heteroatoms. The van der Waals surface area contributed by atoms with Crippen molar-refractivity contribution in [3.05, 3.63) is 60.2 Å². The molecule has 2 heterocycles. The zero-order valence-corrected chi connectivity index (χ0v) is 17.2. The quantitative estimate of drug-likeness (QED) is 0.749. The number of benzene rings is 1. The van der Waals surface area contributed by atoms with Crippen molar-refractivity contribution in [2.24, 2.45) is 17.8 Å². The Morgan fingerprint density at radius 2 is 2.00 bits per heavy atom. The number of pyridine rings is 1. The van der Waals surface area contributed by atoms with E-state index in [1.165, 1.54) is 19.1 Å². The standard InChI is InChI=1S/C24H25F2NO3/c1-14-20(21-15(2)30-22(28)24(21,29)13-23(14,3)26)10-9-19-8-7-17(12-27-19)16-5-4-6-18(25)11-16/h4-12,14-15,20-21,29H,13H2,1-3H3/b10-9+/t14-,15+,20-,21-,23?,24-/m0/s1. The molecule has 1 aliphatic heterocycles. The van der Waals surface area contributed by atoms with Gasteiger partial charge in [-0.05, 0) is 55.5 Å². The van der Waals surface area contributed by atoms with Gasteiger partial charge in [0.15, 0.2) is 5.60 Å². The Morgan fingerprint density at radius 1 is 1.23 bits per heavy atom. The molecule has 0 amide bonds. The maximum atomic E-state index is 15.2. The summed E-state index contributed by atoms with van der Waals surface area (Å²) in [6.45, 7) is 4.96. The van der Waals surface area contributed by atoms with E-state index in [1.807, 2.05) is 12.1 Å². The highest BCUT2D eigenvalue weighted by atomic mass is 19.1. The third-order valence-electron chi connectivity index (χ3n) is 6.69. The number of cyclic esters (lactones) is 1. The van der Waals surface area contributed by atoms with Crippen molar-refractivity contribution < 1.29 is 23.4 Å². The highest BCUT2D eigenvalue weighted by Crippen LogP contribution is 2.54. The van der Waals surface area contributed by atoms with Gasteiger partial charge in [0.1, 0.15) is 17.6 Å². The molecule has 2 aromatic rings. The normalized spacial score (nSPS) is 36.0. The van der Waals surface area contributed by atoms with Crippen LogP contribution in [-0.2, 0) is 9.53 Å². The summed E-state index contributed by atoms with van der Waals surface area (Å²) in [7, 11) is 0. The molecule has 1 unspecified atom stereocenters. The highest BCUT2D eigenvalue weighted by molar-refractivity contribution is 5.83. The number of aliphatic hydroxyl groups is 1. The molecule has 4 nitrogen and oxygen atoms in total. The van der Waals surface area contributed by atoms with Crippen molar-refractivity contribution in [1.29, 1.82) is 0 Å². The first-order chi connectivity index (χ1) is 14.1. The van der Waals surface area contributed by atoms with Gasteiger partial charge in [-0.3, -0.25) is 4.98 Å². The van der Waals surface area contributed by atoms with Crippen molar-refractivity contribution in [2.75, 3.05) is 0 Å². The van der Waals surface area contributed by atoms with Crippen molar-refractivity contribution in [3.8, 4) is 11.1 Å². The first-order valence-electron chi connectivity index (χ1n) is 10.1. The summed E-state index contributed by atoms with van der Waals surface area (Å²) < 4.78 is 34.0. The van der Waals surface area contributed by atoms with Crippen LogP contribution >= 0.6 is 0 Å². The lowest BCUT2D eigenvalue weighted by molar-refractivity contribution is -0.167. The average molecular weight is 413 g/mol. The van der Waals surface area contributed by atoms with Gasteiger partial charge in [-0.25, -0.2) is 13.6 Å². The van der Waals surface area contributed by atoms with Crippen molar-refractivity contribution in [3.63, 3.8) is 0 Å².